The number of pyridine rings is 1. The molecule has 3 aromatic rings. The smallest absolute Gasteiger partial charge is 0.259 e. The van der Waals surface area contributed by atoms with Crippen LogP contribution < -0.4 is 11.3 Å². The summed E-state index contributed by atoms with van der Waals surface area (Å²) in [5.41, 5.74) is 7.26. The van der Waals surface area contributed by atoms with Crippen molar-refractivity contribution in [2.45, 2.75) is 19.4 Å². The van der Waals surface area contributed by atoms with E-state index in [9.17, 15) is 4.79 Å². The molecular formula is C18H18N2O. The Balaban J connectivity index is 2.03. The van der Waals surface area contributed by atoms with E-state index in [-0.39, 0.29) is 11.5 Å². The number of hydrogen-bond acceptors (Lipinski definition) is 2. The summed E-state index contributed by atoms with van der Waals surface area (Å²) in [5.74, 6) is 0.744. The fraction of sp³-hybridized carbons (Fsp3) is 0.167. The molecule has 1 aromatic heterocycles. The Morgan fingerprint density at radius 2 is 1.71 bits per heavy atom. The number of nitrogens with zero attached hydrogens (tertiary/aromatic N) is 1. The zero-order valence-electron chi connectivity index (χ0n) is 12.0. The van der Waals surface area contributed by atoms with Crippen molar-refractivity contribution < 1.29 is 0 Å². The summed E-state index contributed by atoms with van der Waals surface area (Å²) in [6, 6.07) is 19.6. The second-order valence-corrected chi connectivity index (χ2v) is 5.38. The fourth-order valence-corrected chi connectivity index (χ4v) is 2.67. The van der Waals surface area contributed by atoms with E-state index in [1.54, 1.807) is 4.57 Å². The Bertz CT molecular complexity index is 821. The maximum atomic E-state index is 12.6. The molecule has 3 heteroatoms. The van der Waals surface area contributed by atoms with Gasteiger partial charge in [-0.25, -0.2) is 0 Å². The van der Waals surface area contributed by atoms with Gasteiger partial charge in [0.05, 0.1) is 0 Å². The molecule has 1 heterocycles. The quantitative estimate of drug-likeness (QED) is 0.798. The van der Waals surface area contributed by atoms with Gasteiger partial charge in [-0.15, -0.1) is 0 Å². The molecule has 0 spiro atoms. The van der Waals surface area contributed by atoms with E-state index in [1.807, 2.05) is 48.5 Å². The van der Waals surface area contributed by atoms with E-state index in [4.69, 9.17) is 5.73 Å². The van der Waals surface area contributed by atoms with Crippen LogP contribution in [0.15, 0.2) is 65.5 Å². The Hall–Kier alpha value is -2.55. The molecule has 1 atom stereocenters. The van der Waals surface area contributed by atoms with Crippen LogP contribution in [-0.2, 0) is 6.54 Å². The van der Waals surface area contributed by atoms with E-state index < -0.39 is 0 Å². The zero-order chi connectivity index (χ0) is 14.8. The number of rotatable bonds is 3. The van der Waals surface area contributed by atoms with Gasteiger partial charge in [0.25, 0.3) is 5.56 Å². The molecule has 0 aliphatic heterocycles. The van der Waals surface area contributed by atoms with Gasteiger partial charge in [-0.3, -0.25) is 9.36 Å². The molecule has 0 amide bonds. The summed E-state index contributed by atoms with van der Waals surface area (Å²) in [6.07, 6.45) is 0. The van der Waals surface area contributed by atoms with Gasteiger partial charge in [-0.05, 0) is 29.0 Å². The Morgan fingerprint density at radius 1 is 1.05 bits per heavy atom. The lowest BCUT2D eigenvalue weighted by atomic mass is 10.0. The molecule has 0 fully saturated rings. The van der Waals surface area contributed by atoms with Gasteiger partial charge in [0, 0.05) is 11.9 Å². The number of fused-ring (bicyclic) bond motifs is 1. The predicted octanol–water partition coefficient (Wildman–Crippen LogP) is 3.39. The van der Waals surface area contributed by atoms with Crippen molar-refractivity contribution in [3.8, 4) is 0 Å². The van der Waals surface area contributed by atoms with Gasteiger partial charge in [-0.1, -0.05) is 55.5 Å². The van der Waals surface area contributed by atoms with Gasteiger partial charge in [0.1, 0.15) is 5.82 Å². The average molecular weight is 278 g/mol. The highest BCUT2D eigenvalue weighted by atomic mass is 16.1. The van der Waals surface area contributed by atoms with E-state index in [2.05, 4.69) is 19.1 Å². The predicted molar refractivity (Wildman–Crippen MR) is 87.5 cm³/mol. The highest BCUT2D eigenvalue weighted by Gasteiger charge is 2.11. The molecule has 106 valence electrons. The Morgan fingerprint density at radius 3 is 2.48 bits per heavy atom. The van der Waals surface area contributed by atoms with Crippen molar-refractivity contribution in [1.29, 1.82) is 0 Å². The Labute approximate surface area is 123 Å². The van der Waals surface area contributed by atoms with Gasteiger partial charge in [0.2, 0.25) is 0 Å². The first-order chi connectivity index (χ1) is 10.2. The van der Waals surface area contributed by atoms with E-state index >= 15 is 0 Å². The van der Waals surface area contributed by atoms with Crippen molar-refractivity contribution in [2.75, 3.05) is 5.73 Å². The van der Waals surface area contributed by atoms with E-state index in [0.717, 1.165) is 5.39 Å². The van der Waals surface area contributed by atoms with Crippen LogP contribution in [0.3, 0.4) is 0 Å². The fourth-order valence-electron chi connectivity index (χ4n) is 2.67. The van der Waals surface area contributed by atoms with E-state index in [0.29, 0.717) is 17.7 Å². The molecular weight excluding hydrogens is 260 g/mol. The summed E-state index contributed by atoms with van der Waals surface area (Å²) < 4.78 is 1.67. The maximum Gasteiger partial charge on any atom is 0.259 e. The molecule has 2 aromatic carbocycles. The average Bonchev–Trinajstić information content (AvgIpc) is 2.52. The van der Waals surface area contributed by atoms with Crippen molar-refractivity contribution in [3.05, 3.63) is 76.6 Å². The largest absolute Gasteiger partial charge is 0.385 e. The van der Waals surface area contributed by atoms with Crippen molar-refractivity contribution in [1.82, 2.24) is 4.57 Å². The van der Waals surface area contributed by atoms with Gasteiger partial charge >= 0.3 is 0 Å². The number of nitrogens with two attached hydrogens (primary N) is 1. The monoisotopic (exact) mass is 278 g/mol. The van der Waals surface area contributed by atoms with Crippen LogP contribution >= 0.6 is 0 Å². The molecule has 0 aliphatic rings. The van der Waals surface area contributed by atoms with Crippen LogP contribution in [0.5, 0.6) is 0 Å². The molecule has 0 aliphatic carbocycles. The first kappa shape index (κ1) is 13.4. The standard InChI is InChI=1S/C18H18N2O/c1-13(14-7-3-2-4-8-14)12-20-17(19)11-15-9-5-6-10-16(15)18(20)21/h2-11,13H,12,19H2,1H3. The van der Waals surface area contributed by atoms with Crippen LogP contribution in [-0.4, -0.2) is 4.57 Å². The van der Waals surface area contributed by atoms with Crippen LogP contribution in [0.1, 0.15) is 18.4 Å². The highest BCUT2D eigenvalue weighted by Crippen LogP contribution is 2.19. The van der Waals surface area contributed by atoms with Crippen LogP contribution in [0.4, 0.5) is 5.82 Å². The van der Waals surface area contributed by atoms with Crippen molar-refractivity contribution in [2.24, 2.45) is 0 Å². The second kappa shape index (κ2) is 5.44. The lowest BCUT2D eigenvalue weighted by molar-refractivity contribution is 0.591. The minimum Gasteiger partial charge on any atom is -0.385 e. The van der Waals surface area contributed by atoms with Crippen LogP contribution in [0, 0.1) is 0 Å². The molecule has 2 N–H and O–H groups in total. The summed E-state index contributed by atoms with van der Waals surface area (Å²) in [5, 5.41) is 1.61. The molecule has 3 rings (SSSR count). The van der Waals surface area contributed by atoms with Crippen molar-refractivity contribution >= 4 is 16.6 Å². The number of benzene rings is 2. The van der Waals surface area contributed by atoms with Crippen LogP contribution in [0.2, 0.25) is 0 Å². The van der Waals surface area contributed by atoms with Gasteiger partial charge < -0.3 is 5.73 Å². The summed E-state index contributed by atoms with van der Waals surface area (Å²) in [4.78, 5) is 12.6. The molecule has 0 radical (unpaired) electrons. The maximum absolute atomic E-state index is 12.6. The Kier molecular flexibility index (Phi) is 3.48. The topological polar surface area (TPSA) is 48.0 Å². The third-order valence-electron chi connectivity index (χ3n) is 3.88. The second-order valence-electron chi connectivity index (χ2n) is 5.38. The van der Waals surface area contributed by atoms with E-state index in [1.165, 1.54) is 5.56 Å². The number of anilines is 1. The normalized spacial score (nSPS) is 12.4. The first-order valence-electron chi connectivity index (χ1n) is 7.10. The van der Waals surface area contributed by atoms with Crippen molar-refractivity contribution in [3.63, 3.8) is 0 Å². The zero-order valence-corrected chi connectivity index (χ0v) is 12.0. The number of nitrogen functional groups attached to an aromatic ring is 1. The third-order valence-corrected chi connectivity index (χ3v) is 3.88. The lowest BCUT2D eigenvalue weighted by Gasteiger charge is -2.16. The molecule has 3 nitrogen and oxygen atoms in total. The van der Waals surface area contributed by atoms with Gasteiger partial charge in [-0.2, -0.15) is 0 Å². The molecule has 21 heavy (non-hydrogen) atoms. The molecule has 0 bridgehead atoms. The molecule has 0 saturated carbocycles. The van der Waals surface area contributed by atoms with Crippen LogP contribution in [0.25, 0.3) is 10.8 Å². The third kappa shape index (κ3) is 2.55. The summed E-state index contributed by atoms with van der Waals surface area (Å²) in [7, 11) is 0. The minimum absolute atomic E-state index is 0.0200. The van der Waals surface area contributed by atoms with Gasteiger partial charge in [0.15, 0.2) is 0 Å². The summed E-state index contributed by atoms with van der Waals surface area (Å²) >= 11 is 0. The molecule has 0 saturated heterocycles. The first-order valence-corrected chi connectivity index (χ1v) is 7.10. The lowest BCUT2D eigenvalue weighted by Crippen LogP contribution is -2.25. The minimum atomic E-state index is -0.0200. The SMILES string of the molecule is CC(Cn1c(N)cc2ccccc2c1=O)c1ccccc1. The number of hydrogen-bond donors (Lipinski definition) is 1. The summed E-state index contributed by atoms with van der Waals surface area (Å²) in [6.45, 7) is 2.69. The number of aromatic nitrogens is 1. The highest BCUT2D eigenvalue weighted by molar-refractivity contribution is 5.83. The molecule has 1 unspecified atom stereocenters.